The number of hydrogen-bond acceptors (Lipinski definition) is 5. The molecule has 2 N–H and O–H groups in total. The summed E-state index contributed by atoms with van der Waals surface area (Å²) in [6.07, 6.45) is 2.78. The Balaban J connectivity index is 1.66. The van der Waals surface area contributed by atoms with Gasteiger partial charge in [0.2, 0.25) is 5.89 Å². The second-order valence-electron chi connectivity index (χ2n) is 4.91. The third-order valence-electron chi connectivity index (χ3n) is 3.15. The number of aryl methyl sites for hydroxylation is 3. The number of hydrogen-bond donors (Lipinski definition) is 2. The summed E-state index contributed by atoms with van der Waals surface area (Å²) in [5.41, 5.74) is 0. The molecule has 0 fully saturated rings. The van der Waals surface area contributed by atoms with Gasteiger partial charge in [-0.2, -0.15) is 4.98 Å². The van der Waals surface area contributed by atoms with Crippen molar-refractivity contribution in [2.75, 3.05) is 13.6 Å². The third-order valence-corrected chi connectivity index (χ3v) is 4.38. The van der Waals surface area contributed by atoms with Gasteiger partial charge in [-0.15, -0.1) is 11.3 Å². The van der Waals surface area contributed by atoms with E-state index in [1.54, 1.807) is 7.05 Å². The summed E-state index contributed by atoms with van der Waals surface area (Å²) in [6, 6.07) is 4.35. The lowest BCUT2D eigenvalue weighted by molar-refractivity contribution is 0.372. The maximum atomic E-state index is 5.08. The number of nitrogens with zero attached hydrogens (tertiary/aromatic N) is 3. The van der Waals surface area contributed by atoms with E-state index in [9.17, 15) is 0 Å². The minimum absolute atomic E-state index is 0.683. The van der Waals surface area contributed by atoms with Crippen LogP contribution in [0.15, 0.2) is 21.6 Å². The van der Waals surface area contributed by atoms with Gasteiger partial charge in [-0.3, -0.25) is 4.99 Å². The number of aromatic nitrogens is 2. The highest BCUT2D eigenvalue weighted by atomic mass is 32.1. The summed E-state index contributed by atoms with van der Waals surface area (Å²) < 4.78 is 5.08. The number of thiophene rings is 1. The molecule has 2 aromatic heterocycles. The molecule has 0 saturated heterocycles. The van der Waals surface area contributed by atoms with Crippen LogP contribution >= 0.6 is 11.3 Å². The van der Waals surface area contributed by atoms with Gasteiger partial charge in [0.05, 0.1) is 6.54 Å². The Kier molecular flexibility index (Phi) is 6.39. The van der Waals surface area contributed by atoms with Crippen LogP contribution in [0.3, 0.4) is 0 Å². The number of guanidine groups is 1. The molecule has 0 amide bonds. The van der Waals surface area contributed by atoms with Crippen LogP contribution in [0.25, 0.3) is 0 Å². The van der Waals surface area contributed by atoms with Gasteiger partial charge in [0, 0.05) is 29.8 Å². The maximum Gasteiger partial charge on any atom is 0.226 e. The zero-order valence-electron chi connectivity index (χ0n) is 13.3. The Morgan fingerprint density at radius 3 is 2.77 bits per heavy atom. The Morgan fingerprint density at radius 1 is 1.32 bits per heavy atom. The van der Waals surface area contributed by atoms with Gasteiger partial charge >= 0.3 is 0 Å². The predicted molar refractivity (Wildman–Crippen MR) is 89.3 cm³/mol. The molecule has 7 heteroatoms. The van der Waals surface area contributed by atoms with Crippen molar-refractivity contribution in [3.8, 4) is 0 Å². The molecule has 0 spiro atoms. The molecule has 2 rings (SSSR count). The molecule has 0 aliphatic heterocycles. The molecule has 22 heavy (non-hydrogen) atoms. The van der Waals surface area contributed by atoms with Crippen molar-refractivity contribution in [2.45, 2.75) is 39.7 Å². The normalized spacial score (nSPS) is 11.7. The van der Waals surface area contributed by atoms with Crippen LogP contribution < -0.4 is 10.6 Å². The predicted octanol–water partition coefficient (Wildman–Crippen LogP) is 2.30. The molecule has 2 heterocycles. The van der Waals surface area contributed by atoms with E-state index in [4.69, 9.17) is 4.52 Å². The van der Waals surface area contributed by atoms with Crippen molar-refractivity contribution in [1.82, 2.24) is 20.8 Å². The van der Waals surface area contributed by atoms with Gasteiger partial charge in [0.15, 0.2) is 11.8 Å². The first kappa shape index (κ1) is 16.5. The van der Waals surface area contributed by atoms with E-state index in [2.05, 4.69) is 44.8 Å². The molecular formula is C15H23N5OS. The SMILES string of the molecule is CCc1ccc(CNC(=NC)NCCCc2nc(C)no2)s1. The Labute approximate surface area is 135 Å². The molecule has 2 aromatic rings. The topological polar surface area (TPSA) is 75.3 Å². The Morgan fingerprint density at radius 2 is 2.14 bits per heavy atom. The lowest BCUT2D eigenvalue weighted by Gasteiger charge is -2.10. The van der Waals surface area contributed by atoms with Gasteiger partial charge in [-0.1, -0.05) is 12.1 Å². The summed E-state index contributed by atoms with van der Waals surface area (Å²) in [5.74, 6) is 2.18. The molecule has 0 atom stereocenters. The highest BCUT2D eigenvalue weighted by molar-refractivity contribution is 7.11. The lowest BCUT2D eigenvalue weighted by atomic mass is 10.3. The summed E-state index contributed by atoms with van der Waals surface area (Å²) in [5, 5.41) is 10.4. The van der Waals surface area contributed by atoms with E-state index in [1.807, 2.05) is 18.3 Å². The quantitative estimate of drug-likeness (QED) is 0.465. The van der Waals surface area contributed by atoms with E-state index in [0.717, 1.165) is 38.3 Å². The van der Waals surface area contributed by atoms with Crippen LogP contribution in [0, 0.1) is 6.92 Å². The fraction of sp³-hybridized carbons (Fsp3) is 0.533. The highest BCUT2D eigenvalue weighted by Crippen LogP contribution is 2.16. The van der Waals surface area contributed by atoms with Crippen molar-refractivity contribution < 1.29 is 4.52 Å². The zero-order chi connectivity index (χ0) is 15.8. The number of nitrogens with one attached hydrogen (secondary N) is 2. The monoisotopic (exact) mass is 321 g/mol. The van der Waals surface area contributed by atoms with Crippen LogP contribution in [-0.4, -0.2) is 29.7 Å². The first-order chi connectivity index (χ1) is 10.7. The summed E-state index contributed by atoms with van der Waals surface area (Å²) >= 11 is 1.84. The Bertz CT molecular complexity index is 605. The van der Waals surface area contributed by atoms with Crippen LogP contribution in [0.4, 0.5) is 0 Å². The minimum atomic E-state index is 0.683. The average Bonchev–Trinajstić information content (AvgIpc) is 3.15. The second kappa shape index (κ2) is 8.53. The van der Waals surface area contributed by atoms with E-state index >= 15 is 0 Å². The van der Waals surface area contributed by atoms with Gasteiger partial charge in [0.1, 0.15) is 0 Å². The molecule has 0 bridgehead atoms. The largest absolute Gasteiger partial charge is 0.356 e. The lowest BCUT2D eigenvalue weighted by Crippen LogP contribution is -2.37. The molecular weight excluding hydrogens is 298 g/mol. The van der Waals surface area contributed by atoms with Crippen LogP contribution in [-0.2, 0) is 19.4 Å². The molecule has 0 aliphatic carbocycles. The molecule has 0 aliphatic rings. The van der Waals surface area contributed by atoms with Gasteiger partial charge < -0.3 is 15.2 Å². The standard InChI is InChI=1S/C15H23N5OS/c1-4-12-7-8-13(22-12)10-18-15(16-3)17-9-5-6-14-19-11(2)20-21-14/h7-8H,4-6,9-10H2,1-3H3,(H2,16,17,18). The maximum absolute atomic E-state index is 5.08. The van der Waals surface area contributed by atoms with Crippen molar-refractivity contribution in [1.29, 1.82) is 0 Å². The van der Waals surface area contributed by atoms with Crippen molar-refractivity contribution in [2.24, 2.45) is 4.99 Å². The van der Waals surface area contributed by atoms with Crippen LogP contribution in [0.2, 0.25) is 0 Å². The smallest absolute Gasteiger partial charge is 0.226 e. The van der Waals surface area contributed by atoms with E-state index in [1.165, 1.54) is 9.75 Å². The van der Waals surface area contributed by atoms with Crippen molar-refractivity contribution in [3.63, 3.8) is 0 Å². The van der Waals surface area contributed by atoms with Crippen LogP contribution in [0.5, 0.6) is 0 Å². The van der Waals surface area contributed by atoms with Gasteiger partial charge in [-0.25, -0.2) is 0 Å². The first-order valence-corrected chi connectivity index (χ1v) is 8.34. The fourth-order valence-electron chi connectivity index (χ4n) is 1.99. The number of aliphatic imine (C=N–C) groups is 1. The summed E-state index contributed by atoms with van der Waals surface area (Å²) in [4.78, 5) is 11.1. The van der Waals surface area contributed by atoms with E-state index in [0.29, 0.717) is 11.7 Å². The fourth-order valence-corrected chi connectivity index (χ4v) is 2.88. The zero-order valence-corrected chi connectivity index (χ0v) is 14.2. The molecule has 6 nitrogen and oxygen atoms in total. The van der Waals surface area contributed by atoms with Crippen molar-refractivity contribution >= 4 is 17.3 Å². The molecule has 120 valence electrons. The van der Waals surface area contributed by atoms with E-state index in [-0.39, 0.29) is 0 Å². The molecule has 0 radical (unpaired) electrons. The van der Waals surface area contributed by atoms with Crippen LogP contribution in [0.1, 0.15) is 34.8 Å². The first-order valence-electron chi connectivity index (χ1n) is 7.52. The van der Waals surface area contributed by atoms with Gasteiger partial charge in [-0.05, 0) is 31.9 Å². The highest BCUT2D eigenvalue weighted by Gasteiger charge is 2.03. The molecule has 0 saturated carbocycles. The minimum Gasteiger partial charge on any atom is -0.356 e. The van der Waals surface area contributed by atoms with Crippen molar-refractivity contribution in [3.05, 3.63) is 33.6 Å². The summed E-state index contributed by atoms with van der Waals surface area (Å²) in [7, 11) is 1.78. The number of rotatable bonds is 7. The molecule has 0 aromatic carbocycles. The van der Waals surface area contributed by atoms with E-state index < -0.39 is 0 Å². The second-order valence-corrected chi connectivity index (χ2v) is 6.17. The summed E-state index contributed by atoms with van der Waals surface area (Å²) in [6.45, 7) is 5.61. The average molecular weight is 321 g/mol. The molecule has 0 unspecified atom stereocenters. The Hall–Kier alpha value is -1.89. The van der Waals surface area contributed by atoms with Gasteiger partial charge in [0.25, 0.3) is 0 Å². The third kappa shape index (κ3) is 5.14.